The summed E-state index contributed by atoms with van der Waals surface area (Å²) < 4.78 is 1.39. The number of hydrogen-bond donors (Lipinski definition) is 4. The van der Waals surface area contributed by atoms with Crippen LogP contribution in [0.25, 0.3) is 5.69 Å². The summed E-state index contributed by atoms with van der Waals surface area (Å²) in [5.74, 6) is -0.313. The van der Waals surface area contributed by atoms with Crippen LogP contribution in [-0.4, -0.2) is 26.8 Å². The van der Waals surface area contributed by atoms with E-state index in [1.165, 1.54) is 16.4 Å². The molecule has 2 aromatic carbocycles. The molecule has 8 nitrogen and oxygen atoms in total. The zero-order valence-corrected chi connectivity index (χ0v) is 19.4. The van der Waals surface area contributed by atoms with Crippen LogP contribution in [0.2, 0.25) is 0 Å². The minimum atomic E-state index is -0.725. The zero-order valence-electron chi connectivity index (χ0n) is 19.4. The van der Waals surface area contributed by atoms with Gasteiger partial charge in [0.2, 0.25) is 0 Å². The van der Waals surface area contributed by atoms with Crippen molar-refractivity contribution in [3.05, 3.63) is 77.6 Å². The van der Waals surface area contributed by atoms with Crippen molar-refractivity contribution in [2.24, 2.45) is 11.8 Å². The van der Waals surface area contributed by atoms with E-state index in [2.05, 4.69) is 47.2 Å². The first-order valence-electron chi connectivity index (χ1n) is 11.0. The van der Waals surface area contributed by atoms with E-state index < -0.39 is 11.9 Å². The fourth-order valence-corrected chi connectivity index (χ4v) is 3.56. The molecule has 0 aliphatic rings. The fraction of sp³-hybridized carbons (Fsp3) is 0.320. The molecule has 1 atom stereocenters. The van der Waals surface area contributed by atoms with E-state index >= 15 is 0 Å². The van der Waals surface area contributed by atoms with Crippen LogP contribution < -0.4 is 16.2 Å². The maximum Gasteiger partial charge on any atom is 0.333 e. The van der Waals surface area contributed by atoms with Crippen LogP contribution in [0.3, 0.4) is 0 Å². The number of nitrogens with one attached hydrogen (secondary N) is 3. The molecular weight excluding hydrogens is 418 g/mol. The number of urea groups is 1. The molecule has 0 saturated carbocycles. The lowest BCUT2D eigenvalue weighted by molar-refractivity contribution is 0.0927. The number of hydrogen-bond acceptors (Lipinski definition) is 4. The third-order valence-electron chi connectivity index (χ3n) is 5.16. The molecule has 1 aromatic heterocycles. The summed E-state index contributed by atoms with van der Waals surface area (Å²) in [7, 11) is 0. The molecule has 0 saturated heterocycles. The number of amides is 3. The highest BCUT2D eigenvalue weighted by atomic mass is 16.3. The van der Waals surface area contributed by atoms with Crippen molar-refractivity contribution < 1.29 is 14.7 Å². The first-order valence-corrected chi connectivity index (χ1v) is 11.0. The van der Waals surface area contributed by atoms with E-state index in [1.807, 2.05) is 44.2 Å². The Morgan fingerprint density at radius 1 is 0.970 bits per heavy atom. The molecule has 0 fully saturated rings. The molecule has 0 aliphatic heterocycles. The molecule has 0 aliphatic carbocycles. The normalized spacial score (nSPS) is 11.9. The number of rotatable bonds is 7. The SMILES string of the molecule is CC(C)Cc1ccc(C(NC(=O)NNC(=O)c2nn(-c3ccccc3)cc2O)C(C)C)cc1. The highest BCUT2D eigenvalue weighted by Gasteiger charge is 2.21. The standard InChI is InChI=1S/C25H31N5O3/c1-16(2)14-18-10-12-19(13-11-18)22(17(3)4)26-25(33)28-27-24(32)23-21(31)15-30(29-23)20-8-6-5-7-9-20/h5-13,15-17,22,31H,14H2,1-4H3,(H,27,32)(H2,26,28,33). The van der Waals surface area contributed by atoms with Crippen LogP contribution >= 0.6 is 0 Å². The Morgan fingerprint density at radius 3 is 2.24 bits per heavy atom. The average molecular weight is 450 g/mol. The van der Waals surface area contributed by atoms with Gasteiger partial charge in [-0.1, -0.05) is 70.2 Å². The second-order valence-corrected chi connectivity index (χ2v) is 8.76. The lowest BCUT2D eigenvalue weighted by Gasteiger charge is -2.23. The Hall–Kier alpha value is -3.81. The predicted octanol–water partition coefficient (Wildman–Crippen LogP) is 4.12. The quantitative estimate of drug-likeness (QED) is 0.407. The van der Waals surface area contributed by atoms with Crippen LogP contribution in [0.5, 0.6) is 5.75 Å². The van der Waals surface area contributed by atoms with Crippen molar-refractivity contribution in [2.75, 3.05) is 0 Å². The van der Waals surface area contributed by atoms with Gasteiger partial charge < -0.3 is 10.4 Å². The summed E-state index contributed by atoms with van der Waals surface area (Å²) in [5, 5.41) is 17.1. The number of carbonyl (C=O) groups is 2. The third-order valence-corrected chi connectivity index (χ3v) is 5.16. The second-order valence-electron chi connectivity index (χ2n) is 8.76. The molecular formula is C25H31N5O3. The van der Waals surface area contributed by atoms with E-state index in [4.69, 9.17) is 0 Å². The monoisotopic (exact) mass is 449 g/mol. The molecule has 0 radical (unpaired) electrons. The van der Waals surface area contributed by atoms with Gasteiger partial charge in [0.25, 0.3) is 5.91 Å². The Labute approximate surface area is 194 Å². The van der Waals surface area contributed by atoms with Crippen molar-refractivity contribution in [3.63, 3.8) is 0 Å². The van der Waals surface area contributed by atoms with Crippen LogP contribution in [0, 0.1) is 11.8 Å². The largest absolute Gasteiger partial charge is 0.504 e. The summed E-state index contributed by atoms with van der Waals surface area (Å²) in [5.41, 5.74) is 7.37. The topological polar surface area (TPSA) is 108 Å². The van der Waals surface area contributed by atoms with Crippen molar-refractivity contribution in [3.8, 4) is 11.4 Å². The molecule has 8 heteroatoms. The van der Waals surface area contributed by atoms with Crippen molar-refractivity contribution >= 4 is 11.9 Å². The van der Waals surface area contributed by atoms with Gasteiger partial charge in [0.15, 0.2) is 11.4 Å². The average Bonchev–Trinajstić information content (AvgIpc) is 3.18. The first-order chi connectivity index (χ1) is 15.7. The molecule has 3 aromatic rings. The Bertz CT molecular complexity index is 1080. The van der Waals surface area contributed by atoms with Gasteiger partial charge in [0.05, 0.1) is 17.9 Å². The number of aromatic hydroxyl groups is 1. The first kappa shape index (κ1) is 23.8. The fourth-order valence-electron chi connectivity index (χ4n) is 3.56. The predicted molar refractivity (Wildman–Crippen MR) is 127 cm³/mol. The second kappa shape index (κ2) is 10.7. The number of para-hydroxylation sites is 1. The number of aromatic nitrogens is 2. The highest BCUT2D eigenvalue weighted by Crippen LogP contribution is 2.23. The van der Waals surface area contributed by atoms with Gasteiger partial charge in [-0.2, -0.15) is 5.10 Å². The van der Waals surface area contributed by atoms with Crippen LogP contribution in [0.4, 0.5) is 4.79 Å². The van der Waals surface area contributed by atoms with E-state index in [0.29, 0.717) is 11.6 Å². The van der Waals surface area contributed by atoms with Crippen LogP contribution in [0.1, 0.15) is 55.4 Å². The number of carbonyl (C=O) groups excluding carboxylic acids is 2. The van der Waals surface area contributed by atoms with Crippen molar-refractivity contribution in [1.82, 2.24) is 25.9 Å². The summed E-state index contributed by atoms with van der Waals surface area (Å²) in [4.78, 5) is 24.9. The van der Waals surface area contributed by atoms with Gasteiger partial charge in [0.1, 0.15) is 0 Å². The van der Waals surface area contributed by atoms with E-state index in [1.54, 1.807) is 12.1 Å². The van der Waals surface area contributed by atoms with Gasteiger partial charge in [0, 0.05) is 0 Å². The molecule has 4 N–H and O–H groups in total. The van der Waals surface area contributed by atoms with E-state index in [9.17, 15) is 14.7 Å². The third kappa shape index (κ3) is 6.35. The van der Waals surface area contributed by atoms with Gasteiger partial charge in [-0.15, -0.1) is 0 Å². The van der Waals surface area contributed by atoms with Crippen molar-refractivity contribution in [2.45, 2.75) is 40.2 Å². The minimum Gasteiger partial charge on any atom is -0.504 e. The molecule has 1 heterocycles. The maximum atomic E-state index is 12.5. The Kier molecular flexibility index (Phi) is 7.71. The molecule has 174 valence electrons. The molecule has 3 amide bonds. The van der Waals surface area contributed by atoms with E-state index in [0.717, 1.165) is 12.0 Å². The van der Waals surface area contributed by atoms with Crippen LogP contribution in [0.15, 0.2) is 60.8 Å². The van der Waals surface area contributed by atoms with Crippen LogP contribution in [-0.2, 0) is 6.42 Å². The number of benzene rings is 2. The lowest BCUT2D eigenvalue weighted by Crippen LogP contribution is -2.48. The molecule has 1 unspecified atom stereocenters. The minimum absolute atomic E-state index is 0.132. The molecule has 33 heavy (non-hydrogen) atoms. The maximum absolute atomic E-state index is 12.5. The summed E-state index contributed by atoms with van der Waals surface area (Å²) in [6, 6.07) is 16.5. The smallest absolute Gasteiger partial charge is 0.333 e. The molecule has 0 bridgehead atoms. The van der Waals surface area contributed by atoms with Gasteiger partial charge >= 0.3 is 6.03 Å². The van der Waals surface area contributed by atoms with Crippen molar-refractivity contribution in [1.29, 1.82) is 0 Å². The van der Waals surface area contributed by atoms with Gasteiger partial charge in [-0.25, -0.2) is 14.9 Å². The molecule has 0 spiro atoms. The van der Waals surface area contributed by atoms with Gasteiger partial charge in [-0.05, 0) is 41.5 Å². The zero-order chi connectivity index (χ0) is 24.0. The summed E-state index contributed by atoms with van der Waals surface area (Å²) in [6.07, 6.45) is 2.33. The number of hydrazine groups is 1. The summed E-state index contributed by atoms with van der Waals surface area (Å²) in [6.45, 7) is 8.38. The summed E-state index contributed by atoms with van der Waals surface area (Å²) >= 11 is 0. The molecule has 3 rings (SSSR count). The Balaban J connectivity index is 1.60. The van der Waals surface area contributed by atoms with E-state index in [-0.39, 0.29) is 23.4 Å². The Morgan fingerprint density at radius 2 is 1.64 bits per heavy atom. The highest BCUT2D eigenvalue weighted by molar-refractivity contribution is 5.95. The number of nitrogens with zero attached hydrogens (tertiary/aromatic N) is 2. The lowest BCUT2D eigenvalue weighted by atomic mass is 9.94. The van der Waals surface area contributed by atoms with Gasteiger partial charge in [-0.3, -0.25) is 10.2 Å².